The summed E-state index contributed by atoms with van der Waals surface area (Å²) in [4.78, 5) is 17.4. The Morgan fingerprint density at radius 3 is 1.19 bits per heavy atom. The summed E-state index contributed by atoms with van der Waals surface area (Å²) >= 11 is 0. The molecular weight excluding hydrogens is 781 g/mol. The molecule has 3 aromatic rings. The van der Waals surface area contributed by atoms with Gasteiger partial charge in [0.15, 0.2) is 17.5 Å². The van der Waals surface area contributed by atoms with E-state index in [0.717, 1.165) is 80.7 Å². The quantitative estimate of drug-likeness (QED) is 0.197. The maximum absolute atomic E-state index is 5.19. The summed E-state index contributed by atoms with van der Waals surface area (Å²) in [6, 6.07) is 0. The monoisotopic (exact) mass is 892 g/mol. The van der Waals surface area contributed by atoms with Gasteiger partial charge in [0.1, 0.15) is 7.28 Å². The standard InChI is InChI=1S/C9H15BN3O.C9H15N3O.C8H13N3O.C2H6B.13CH4.3H3P/c1-7-11-9(14-12-7)8-4-3-5-13(6-8)10-2;1-7-10-9(13-11-7)8-4-3-5-12(2)6-8;1-6-10-8(12-11-6)7-3-2-4-9-5-7;1-3-2;;;;;;;;;;;;;;;;/h8H,3-6H2,1-2H3;8H,3-6H2,1-2H3;7,9H,2-5H2,1H3;1-2H3;13*1H4;3*1H3. The van der Waals surface area contributed by atoms with Crippen LogP contribution in [0.15, 0.2) is 13.6 Å². The van der Waals surface area contributed by atoms with E-state index < -0.39 is 0 Å². The maximum atomic E-state index is 5.19. The zero-order valence-electron chi connectivity index (χ0n) is 28.8. The Bertz CT molecular complexity index is 1160. The molecular formula is C41H110B2N9O3P3. The van der Waals surface area contributed by atoms with Gasteiger partial charge in [-0.05, 0) is 92.5 Å². The molecule has 0 bridgehead atoms. The van der Waals surface area contributed by atoms with Crippen molar-refractivity contribution in [2.24, 2.45) is 0 Å². The average Bonchev–Trinajstić information content (AvgIpc) is 3.76. The molecule has 3 aromatic heterocycles. The molecule has 58 heavy (non-hydrogen) atoms. The average molecular weight is 892 g/mol. The van der Waals surface area contributed by atoms with Gasteiger partial charge < -0.3 is 28.6 Å². The number of likely N-dealkylation sites (N-methyl/N-ethyl adjacent to an activating group) is 1. The van der Waals surface area contributed by atoms with Crippen LogP contribution in [0.5, 0.6) is 0 Å². The number of hydrogen-bond donors (Lipinski definition) is 1. The molecule has 358 valence electrons. The smallest absolute Gasteiger partial charge is 0.231 e. The molecule has 3 saturated heterocycles. The fraction of sp³-hybridized carbons (Fsp3) is 0.854. The molecule has 0 amide bonds. The van der Waals surface area contributed by atoms with Crippen LogP contribution in [-0.4, -0.2) is 101 Å². The van der Waals surface area contributed by atoms with Gasteiger partial charge in [0, 0.05) is 13.1 Å². The number of likely N-dealkylation sites (tertiary alicyclic amines) is 1. The van der Waals surface area contributed by atoms with Crippen LogP contribution in [0, 0.1) is 20.8 Å². The van der Waals surface area contributed by atoms with Gasteiger partial charge in [0.25, 0.3) is 0 Å². The molecule has 3 fully saturated rings. The maximum Gasteiger partial charge on any atom is 0.231 e. The summed E-state index contributed by atoms with van der Waals surface area (Å²) in [6.45, 7) is 18.1. The molecule has 3 aliphatic heterocycles. The van der Waals surface area contributed by atoms with E-state index in [2.05, 4.69) is 66.7 Å². The van der Waals surface area contributed by atoms with Gasteiger partial charge in [-0.1, -0.05) is 132 Å². The highest BCUT2D eigenvalue weighted by Gasteiger charge is 2.25. The number of piperidine rings is 3. The number of nitrogens with one attached hydrogen (secondary N) is 1. The predicted molar refractivity (Wildman–Crippen MR) is 285 cm³/mol. The molecule has 3 aliphatic rings. The normalized spacial score (nSPS) is 16.6. The lowest BCUT2D eigenvalue weighted by Gasteiger charge is -2.29. The first-order valence-electron chi connectivity index (χ1n) is 15.4. The second-order valence-electron chi connectivity index (χ2n) is 11.4. The third-order valence-electron chi connectivity index (χ3n) is 7.42. The highest BCUT2D eigenvalue weighted by atomic mass is 31.0. The van der Waals surface area contributed by atoms with Gasteiger partial charge >= 0.3 is 0 Å². The molecule has 6 unspecified atom stereocenters. The lowest BCUT2D eigenvalue weighted by Crippen LogP contribution is -2.35. The molecule has 17 heteroatoms. The molecule has 0 aromatic carbocycles. The van der Waals surface area contributed by atoms with Crippen LogP contribution in [0.1, 0.15) is 188 Å². The lowest BCUT2D eigenvalue weighted by molar-refractivity contribution is 0.220. The van der Waals surface area contributed by atoms with Crippen LogP contribution in [0.25, 0.3) is 0 Å². The van der Waals surface area contributed by atoms with Crippen molar-refractivity contribution in [3.8, 4) is 0 Å². The van der Waals surface area contributed by atoms with E-state index in [0.29, 0.717) is 17.8 Å². The molecule has 6 rings (SSSR count). The summed E-state index contributed by atoms with van der Waals surface area (Å²) in [5, 5.41) is 14.7. The number of rotatable bonds is 4. The van der Waals surface area contributed by atoms with Crippen molar-refractivity contribution in [2.75, 3.05) is 46.3 Å². The second-order valence-corrected chi connectivity index (χ2v) is 11.4. The summed E-state index contributed by atoms with van der Waals surface area (Å²) in [5.74, 6) is 5.90. The van der Waals surface area contributed by atoms with Crippen molar-refractivity contribution in [2.45, 2.75) is 194 Å². The summed E-state index contributed by atoms with van der Waals surface area (Å²) in [5.41, 5.74) is 0. The van der Waals surface area contributed by atoms with Crippen molar-refractivity contribution in [1.82, 2.24) is 45.4 Å². The Hall–Kier alpha value is -1.28. The van der Waals surface area contributed by atoms with Crippen molar-refractivity contribution in [1.29, 1.82) is 0 Å². The number of nitrogens with zero attached hydrogens (tertiary/aromatic N) is 8. The third kappa shape index (κ3) is 34.4. The highest BCUT2D eigenvalue weighted by molar-refractivity contribution is 6.92. The van der Waals surface area contributed by atoms with Crippen LogP contribution in [0.3, 0.4) is 0 Å². The Balaban J connectivity index is -0.0000000356. The Morgan fingerprint density at radius 1 is 0.534 bits per heavy atom. The zero-order valence-corrected chi connectivity index (χ0v) is 33.0. The van der Waals surface area contributed by atoms with E-state index in [1.165, 1.54) is 32.2 Å². The zero-order chi connectivity index (χ0) is 30.3. The summed E-state index contributed by atoms with van der Waals surface area (Å²) in [7, 11) is 6.27. The number of hydrogen-bond acceptors (Lipinski definition) is 12. The van der Waals surface area contributed by atoms with E-state index in [4.69, 9.17) is 13.6 Å². The molecule has 0 spiro atoms. The van der Waals surface area contributed by atoms with Crippen molar-refractivity contribution >= 4 is 44.4 Å². The molecule has 2 radical (unpaired) electrons. The molecule has 6 heterocycles. The SMILES string of the molecule is C.C.C.C.C.C.C.C.C.C.C.C.C.C[B]C.C[B]N1CCCC(c2nc(C)no2)C1.Cc1noc(C2CCCN(C)C2)n1.Cc1noc(C2CCCNC2)n1.P.P.P. The van der Waals surface area contributed by atoms with Gasteiger partial charge in [-0.2, -0.15) is 44.6 Å². The Morgan fingerprint density at radius 2 is 0.879 bits per heavy atom. The van der Waals surface area contributed by atoms with Gasteiger partial charge in [-0.25, -0.2) is 0 Å². The van der Waals surface area contributed by atoms with Crippen LogP contribution in [0.2, 0.25) is 20.5 Å². The third-order valence-corrected chi connectivity index (χ3v) is 7.42. The summed E-state index contributed by atoms with van der Waals surface area (Å²) < 4.78 is 15.5. The first-order chi connectivity index (χ1) is 20.3. The minimum absolute atomic E-state index is 0. The molecule has 6 atom stereocenters. The van der Waals surface area contributed by atoms with E-state index >= 15 is 0 Å². The molecule has 0 saturated carbocycles. The van der Waals surface area contributed by atoms with E-state index in [-0.39, 0.29) is 126 Å². The topological polar surface area (TPSA) is 135 Å². The second kappa shape index (κ2) is 53.7. The van der Waals surface area contributed by atoms with Gasteiger partial charge in [0.05, 0.1) is 17.8 Å². The van der Waals surface area contributed by atoms with Crippen LogP contribution < -0.4 is 5.32 Å². The fourth-order valence-corrected chi connectivity index (χ4v) is 5.31. The minimum atomic E-state index is 0. The highest BCUT2D eigenvalue weighted by Crippen LogP contribution is 2.26. The fourth-order valence-electron chi connectivity index (χ4n) is 5.31. The van der Waals surface area contributed by atoms with Crippen LogP contribution in [-0.2, 0) is 0 Å². The van der Waals surface area contributed by atoms with Crippen molar-refractivity contribution in [3.05, 3.63) is 35.1 Å². The Labute approximate surface area is 377 Å². The van der Waals surface area contributed by atoms with E-state index in [1.54, 1.807) is 0 Å². The van der Waals surface area contributed by atoms with Gasteiger partial charge in [0.2, 0.25) is 25.1 Å². The Kier molecular flexibility index (Phi) is 89.4. The van der Waals surface area contributed by atoms with E-state index in [1.807, 2.05) is 41.7 Å². The first-order valence-corrected chi connectivity index (χ1v) is 15.4. The largest absolute Gasteiger partial charge is 0.346 e. The van der Waals surface area contributed by atoms with Crippen molar-refractivity contribution < 1.29 is 13.6 Å². The first kappa shape index (κ1) is 96.5. The van der Waals surface area contributed by atoms with Crippen LogP contribution in [0.4, 0.5) is 0 Å². The van der Waals surface area contributed by atoms with E-state index in [9.17, 15) is 0 Å². The minimum Gasteiger partial charge on any atom is -0.346 e. The lowest BCUT2D eigenvalue weighted by atomic mass is 9.88. The number of aryl methyl sites for hydroxylation is 3. The van der Waals surface area contributed by atoms with Gasteiger partial charge in [-0.3, -0.25) is 0 Å². The predicted octanol–water partition coefficient (Wildman–Crippen LogP) is 12.5. The molecule has 12 nitrogen and oxygen atoms in total. The summed E-state index contributed by atoms with van der Waals surface area (Å²) in [6.07, 6.45) is 7.12. The van der Waals surface area contributed by atoms with Crippen molar-refractivity contribution in [3.63, 3.8) is 0 Å². The molecule has 1 N–H and O–H groups in total. The molecule has 0 aliphatic carbocycles. The van der Waals surface area contributed by atoms with Crippen LogP contribution >= 0.6 is 29.7 Å². The number of aromatic nitrogens is 6. The van der Waals surface area contributed by atoms with Gasteiger partial charge in [-0.15, -0.1) is 0 Å².